The molecular formula is C15H16BrN3O2. The van der Waals surface area contributed by atoms with Crippen LogP contribution in [0.3, 0.4) is 0 Å². The Bertz CT molecular complexity index is 647. The molecule has 0 radical (unpaired) electrons. The molecule has 1 aromatic carbocycles. The fourth-order valence-electron chi connectivity index (χ4n) is 1.89. The molecule has 110 valence electrons. The lowest BCUT2D eigenvalue weighted by Crippen LogP contribution is -2.15. The van der Waals surface area contributed by atoms with Crippen molar-refractivity contribution >= 4 is 33.2 Å². The van der Waals surface area contributed by atoms with E-state index < -0.39 is 0 Å². The quantitative estimate of drug-likeness (QED) is 0.866. The number of carbonyl (C=O) groups is 1. The maximum Gasteiger partial charge on any atom is 0.257 e. The summed E-state index contributed by atoms with van der Waals surface area (Å²) in [5.74, 6) is 0.385. The zero-order valence-electron chi connectivity index (χ0n) is 11.8. The Hall–Kier alpha value is -2.08. The third-order valence-corrected chi connectivity index (χ3v) is 3.34. The number of aromatic nitrogens is 1. The van der Waals surface area contributed by atoms with E-state index >= 15 is 0 Å². The molecule has 0 unspecified atom stereocenters. The van der Waals surface area contributed by atoms with Crippen LogP contribution >= 0.6 is 15.9 Å². The number of benzene rings is 1. The number of hydrogen-bond acceptors (Lipinski definition) is 4. The van der Waals surface area contributed by atoms with Gasteiger partial charge >= 0.3 is 0 Å². The molecule has 0 fully saturated rings. The molecule has 0 aliphatic carbocycles. The zero-order chi connectivity index (χ0) is 15.2. The molecule has 0 spiro atoms. The normalized spacial score (nSPS) is 10.0. The van der Waals surface area contributed by atoms with E-state index in [-0.39, 0.29) is 5.91 Å². The van der Waals surface area contributed by atoms with Crippen LogP contribution in [0.2, 0.25) is 0 Å². The lowest BCUT2D eigenvalue weighted by Gasteiger charge is -2.13. The minimum Gasteiger partial charge on any atom is -0.495 e. The number of pyridine rings is 1. The molecule has 0 saturated carbocycles. The van der Waals surface area contributed by atoms with Gasteiger partial charge in [-0.2, -0.15) is 0 Å². The van der Waals surface area contributed by atoms with Gasteiger partial charge in [0.05, 0.1) is 30.2 Å². The van der Waals surface area contributed by atoms with Crippen molar-refractivity contribution < 1.29 is 9.53 Å². The standard InChI is InChI=1S/C15H16BrN3O2/c1-3-18-13-9-17-7-6-11(13)15(20)19-12-8-10(16)4-5-14(12)21-2/h4-9,18H,3H2,1-2H3,(H,19,20). The molecule has 6 heteroatoms. The Morgan fingerprint density at radius 1 is 1.33 bits per heavy atom. The maximum absolute atomic E-state index is 12.4. The molecule has 0 aliphatic heterocycles. The van der Waals surface area contributed by atoms with Crippen LogP contribution in [0.1, 0.15) is 17.3 Å². The number of rotatable bonds is 5. The van der Waals surface area contributed by atoms with E-state index in [4.69, 9.17) is 4.74 Å². The lowest BCUT2D eigenvalue weighted by atomic mass is 10.2. The van der Waals surface area contributed by atoms with Crippen molar-refractivity contribution in [2.75, 3.05) is 24.3 Å². The van der Waals surface area contributed by atoms with Crippen LogP contribution in [0.5, 0.6) is 5.75 Å². The summed E-state index contributed by atoms with van der Waals surface area (Å²) in [7, 11) is 1.56. The summed E-state index contributed by atoms with van der Waals surface area (Å²) in [4.78, 5) is 16.5. The highest BCUT2D eigenvalue weighted by atomic mass is 79.9. The van der Waals surface area contributed by atoms with Crippen LogP contribution in [0.25, 0.3) is 0 Å². The number of anilines is 2. The predicted octanol–water partition coefficient (Wildman–Crippen LogP) is 3.54. The van der Waals surface area contributed by atoms with Gasteiger partial charge in [-0.25, -0.2) is 0 Å². The first kappa shape index (κ1) is 15.3. The summed E-state index contributed by atoms with van der Waals surface area (Å²) >= 11 is 3.38. The van der Waals surface area contributed by atoms with Crippen LogP contribution in [0, 0.1) is 0 Å². The number of carbonyl (C=O) groups excluding carboxylic acids is 1. The van der Waals surface area contributed by atoms with Gasteiger partial charge < -0.3 is 15.4 Å². The van der Waals surface area contributed by atoms with E-state index in [1.807, 2.05) is 13.0 Å². The zero-order valence-corrected chi connectivity index (χ0v) is 13.4. The molecule has 2 rings (SSSR count). The number of hydrogen-bond donors (Lipinski definition) is 2. The molecule has 0 aliphatic rings. The van der Waals surface area contributed by atoms with Crippen LogP contribution in [0.15, 0.2) is 41.1 Å². The highest BCUT2D eigenvalue weighted by Gasteiger charge is 2.13. The second-order valence-electron chi connectivity index (χ2n) is 4.25. The molecule has 1 heterocycles. The summed E-state index contributed by atoms with van der Waals surface area (Å²) in [5, 5.41) is 5.97. The van der Waals surface area contributed by atoms with Crippen LogP contribution < -0.4 is 15.4 Å². The Morgan fingerprint density at radius 2 is 2.14 bits per heavy atom. The van der Waals surface area contributed by atoms with Crippen molar-refractivity contribution in [3.05, 3.63) is 46.7 Å². The van der Waals surface area contributed by atoms with E-state index in [0.717, 1.165) is 4.47 Å². The number of nitrogens with zero attached hydrogens (tertiary/aromatic N) is 1. The van der Waals surface area contributed by atoms with E-state index in [1.54, 1.807) is 37.7 Å². The largest absolute Gasteiger partial charge is 0.495 e. The number of halogens is 1. The van der Waals surface area contributed by atoms with E-state index in [9.17, 15) is 4.79 Å². The summed E-state index contributed by atoms with van der Waals surface area (Å²) in [6.07, 6.45) is 3.23. The Labute approximate surface area is 131 Å². The molecular weight excluding hydrogens is 334 g/mol. The smallest absolute Gasteiger partial charge is 0.257 e. The van der Waals surface area contributed by atoms with Gasteiger partial charge in [0.15, 0.2) is 0 Å². The van der Waals surface area contributed by atoms with Gasteiger partial charge in [0.25, 0.3) is 5.91 Å². The highest BCUT2D eigenvalue weighted by molar-refractivity contribution is 9.10. The average Bonchev–Trinajstić information content (AvgIpc) is 2.48. The minimum absolute atomic E-state index is 0.218. The summed E-state index contributed by atoms with van der Waals surface area (Å²) in [5.41, 5.74) is 1.84. The summed E-state index contributed by atoms with van der Waals surface area (Å²) in [6.45, 7) is 2.68. The number of ether oxygens (including phenoxy) is 1. The topological polar surface area (TPSA) is 63.2 Å². The van der Waals surface area contributed by atoms with Gasteiger partial charge in [-0.1, -0.05) is 15.9 Å². The fourth-order valence-corrected chi connectivity index (χ4v) is 2.25. The van der Waals surface area contributed by atoms with E-state index in [2.05, 4.69) is 31.5 Å². The SMILES string of the molecule is CCNc1cnccc1C(=O)Nc1cc(Br)ccc1OC. The van der Waals surface area contributed by atoms with Crippen molar-refractivity contribution in [1.82, 2.24) is 4.98 Å². The van der Waals surface area contributed by atoms with Crippen LogP contribution in [-0.4, -0.2) is 24.5 Å². The van der Waals surface area contributed by atoms with Gasteiger partial charge in [-0.3, -0.25) is 9.78 Å². The number of nitrogens with one attached hydrogen (secondary N) is 2. The average molecular weight is 350 g/mol. The molecule has 21 heavy (non-hydrogen) atoms. The molecule has 0 atom stereocenters. The second kappa shape index (κ2) is 7.08. The van der Waals surface area contributed by atoms with E-state index in [0.29, 0.717) is 29.2 Å². The highest BCUT2D eigenvalue weighted by Crippen LogP contribution is 2.28. The van der Waals surface area contributed by atoms with Crippen molar-refractivity contribution in [3.63, 3.8) is 0 Å². The molecule has 1 aromatic heterocycles. The maximum atomic E-state index is 12.4. The minimum atomic E-state index is -0.218. The second-order valence-corrected chi connectivity index (χ2v) is 5.17. The number of methoxy groups -OCH3 is 1. The first-order chi connectivity index (χ1) is 10.2. The molecule has 5 nitrogen and oxygen atoms in total. The molecule has 2 aromatic rings. The Morgan fingerprint density at radius 3 is 2.86 bits per heavy atom. The molecule has 1 amide bonds. The van der Waals surface area contributed by atoms with Crippen molar-refractivity contribution in [3.8, 4) is 5.75 Å². The van der Waals surface area contributed by atoms with E-state index in [1.165, 1.54) is 0 Å². The fraction of sp³-hybridized carbons (Fsp3) is 0.200. The van der Waals surface area contributed by atoms with Crippen molar-refractivity contribution in [2.45, 2.75) is 6.92 Å². The van der Waals surface area contributed by atoms with Crippen LogP contribution in [-0.2, 0) is 0 Å². The lowest BCUT2D eigenvalue weighted by molar-refractivity contribution is 0.102. The van der Waals surface area contributed by atoms with Gasteiger partial charge in [0.1, 0.15) is 5.75 Å². The third kappa shape index (κ3) is 3.72. The van der Waals surface area contributed by atoms with Gasteiger partial charge in [0, 0.05) is 17.2 Å². The monoisotopic (exact) mass is 349 g/mol. The molecule has 2 N–H and O–H groups in total. The molecule has 0 saturated heterocycles. The first-order valence-electron chi connectivity index (χ1n) is 6.48. The Balaban J connectivity index is 2.28. The third-order valence-electron chi connectivity index (χ3n) is 2.84. The van der Waals surface area contributed by atoms with Gasteiger partial charge in [-0.15, -0.1) is 0 Å². The predicted molar refractivity (Wildman–Crippen MR) is 87.0 cm³/mol. The Kier molecular flexibility index (Phi) is 5.16. The van der Waals surface area contributed by atoms with Crippen LogP contribution in [0.4, 0.5) is 11.4 Å². The van der Waals surface area contributed by atoms with Gasteiger partial charge in [0.2, 0.25) is 0 Å². The van der Waals surface area contributed by atoms with Gasteiger partial charge in [-0.05, 0) is 31.2 Å². The van der Waals surface area contributed by atoms with Crippen molar-refractivity contribution in [2.24, 2.45) is 0 Å². The first-order valence-corrected chi connectivity index (χ1v) is 7.27. The number of amides is 1. The summed E-state index contributed by atoms with van der Waals surface area (Å²) < 4.78 is 6.11. The van der Waals surface area contributed by atoms with Crippen molar-refractivity contribution in [1.29, 1.82) is 0 Å². The summed E-state index contributed by atoms with van der Waals surface area (Å²) in [6, 6.07) is 7.12. The molecule has 0 bridgehead atoms.